The van der Waals surface area contributed by atoms with Gasteiger partial charge in [0, 0.05) is 20.3 Å². The molecule has 0 saturated carbocycles. The van der Waals surface area contributed by atoms with E-state index in [0.29, 0.717) is 11.1 Å². The molecule has 0 saturated heterocycles. The van der Waals surface area contributed by atoms with Crippen molar-refractivity contribution in [3.8, 4) is 0 Å². The molecule has 0 aliphatic carbocycles. The molecule has 8 heteroatoms. The quantitative estimate of drug-likeness (QED) is 0.461. The second-order valence-electron chi connectivity index (χ2n) is 5.27. The molecule has 0 radical (unpaired) electrons. The number of rotatable bonds is 11. The van der Waals surface area contributed by atoms with Gasteiger partial charge in [0.2, 0.25) is 0 Å². The maximum Gasteiger partial charge on any atom is 0.330 e. The van der Waals surface area contributed by atoms with Crippen LogP contribution in [0.4, 0.5) is 4.39 Å². The zero-order valence-electron chi connectivity index (χ0n) is 14.8. The largest absolute Gasteiger partial charge is 0.460 e. The monoisotopic (exact) mass is 370 g/mol. The van der Waals surface area contributed by atoms with Gasteiger partial charge in [-0.05, 0) is 29.3 Å². The van der Waals surface area contributed by atoms with Gasteiger partial charge in [-0.3, -0.25) is 4.79 Å². The Kier molecular flexibility index (Phi) is 10.1. The highest BCUT2D eigenvalue weighted by molar-refractivity contribution is 5.87. The van der Waals surface area contributed by atoms with E-state index in [-0.39, 0.29) is 32.8 Å². The molecule has 144 valence electrons. The van der Waals surface area contributed by atoms with Crippen molar-refractivity contribution in [2.75, 3.05) is 40.6 Å². The standard InChI is InChI=1S/C18H23FO7/c1-23-11-16(12-24-2)26-18(22)10-14-3-5-15(19)9-13(14)4-6-17(21)25-8-7-20/h3-6,9,16,20H,7-8,10-12H2,1-2H3/b6-4+. The van der Waals surface area contributed by atoms with Crippen molar-refractivity contribution >= 4 is 18.0 Å². The average molecular weight is 370 g/mol. The van der Waals surface area contributed by atoms with Crippen LogP contribution in [0.5, 0.6) is 0 Å². The molecule has 1 rings (SSSR count). The zero-order chi connectivity index (χ0) is 19.4. The van der Waals surface area contributed by atoms with Crippen molar-refractivity contribution in [2.45, 2.75) is 12.5 Å². The minimum atomic E-state index is -0.683. The van der Waals surface area contributed by atoms with E-state index in [1.807, 2.05) is 0 Å². The molecule has 0 spiro atoms. The number of aliphatic hydroxyl groups excluding tert-OH is 1. The smallest absolute Gasteiger partial charge is 0.330 e. The molecule has 0 fully saturated rings. The zero-order valence-corrected chi connectivity index (χ0v) is 14.8. The Hall–Kier alpha value is -2.29. The lowest BCUT2D eigenvalue weighted by Crippen LogP contribution is -2.28. The summed E-state index contributed by atoms with van der Waals surface area (Å²) in [6.45, 7) is -0.0500. The maximum absolute atomic E-state index is 13.5. The molecule has 0 heterocycles. The summed E-state index contributed by atoms with van der Waals surface area (Å²) in [6, 6.07) is 3.85. The van der Waals surface area contributed by atoms with E-state index in [1.54, 1.807) is 0 Å². The summed E-state index contributed by atoms with van der Waals surface area (Å²) in [5.74, 6) is -1.73. The van der Waals surface area contributed by atoms with Crippen molar-refractivity contribution in [1.82, 2.24) is 0 Å². The summed E-state index contributed by atoms with van der Waals surface area (Å²) in [5.41, 5.74) is 0.828. The van der Waals surface area contributed by atoms with Crippen molar-refractivity contribution in [2.24, 2.45) is 0 Å². The summed E-state index contributed by atoms with van der Waals surface area (Å²) in [4.78, 5) is 23.6. The summed E-state index contributed by atoms with van der Waals surface area (Å²) < 4.78 is 33.4. The number of halogens is 1. The van der Waals surface area contributed by atoms with Crippen molar-refractivity contribution in [3.05, 3.63) is 41.2 Å². The van der Waals surface area contributed by atoms with Gasteiger partial charge in [0.25, 0.3) is 0 Å². The van der Waals surface area contributed by atoms with Crippen LogP contribution in [0, 0.1) is 5.82 Å². The van der Waals surface area contributed by atoms with Gasteiger partial charge in [-0.15, -0.1) is 0 Å². The van der Waals surface area contributed by atoms with E-state index in [4.69, 9.17) is 19.3 Å². The normalized spacial score (nSPS) is 11.1. The van der Waals surface area contributed by atoms with Gasteiger partial charge >= 0.3 is 11.9 Å². The van der Waals surface area contributed by atoms with Crippen LogP contribution >= 0.6 is 0 Å². The van der Waals surface area contributed by atoms with Gasteiger partial charge in [0.15, 0.2) is 0 Å². The molecule has 0 aromatic heterocycles. The lowest BCUT2D eigenvalue weighted by molar-refractivity contribution is -0.153. The third kappa shape index (κ3) is 8.19. The highest BCUT2D eigenvalue weighted by Crippen LogP contribution is 2.15. The second kappa shape index (κ2) is 12.1. The molecule has 0 unspecified atom stereocenters. The van der Waals surface area contributed by atoms with E-state index in [1.165, 1.54) is 38.5 Å². The Bertz CT molecular complexity index is 610. The number of benzene rings is 1. The molecular formula is C18H23FO7. The van der Waals surface area contributed by atoms with Crippen LogP contribution in [-0.4, -0.2) is 63.8 Å². The Morgan fingerprint density at radius 2 is 1.92 bits per heavy atom. The molecule has 0 aliphatic rings. The Labute approximate surface area is 151 Å². The predicted octanol–water partition coefficient (Wildman–Crippen LogP) is 1.12. The molecule has 0 aliphatic heterocycles. The first-order valence-corrected chi connectivity index (χ1v) is 7.91. The van der Waals surface area contributed by atoms with E-state index in [2.05, 4.69) is 4.74 Å². The van der Waals surface area contributed by atoms with Crippen LogP contribution < -0.4 is 0 Å². The fourth-order valence-electron chi connectivity index (χ4n) is 2.11. The van der Waals surface area contributed by atoms with E-state index < -0.39 is 23.9 Å². The molecule has 1 aromatic carbocycles. The number of hydrogen-bond acceptors (Lipinski definition) is 7. The Morgan fingerprint density at radius 3 is 2.54 bits per heavy atom. The highest BCUT2D eigenvalue weighted by atomic mass is 19.1. The highest BCUT2D eigenvalue weighted by Gasteiger charge is 2.16. The number of ether oxygens (including phenoxy) is 4. The van der Waals surface area contributed by atoms with Crippen LogP contribution in [0.15, 0.2) is 24.3 Å². The third-order valence-corrected chi connectivity index (χ3v) is 3.18. The summed E-state index contributed by atoms with van der Waals surface area (Å²) in [6.07, 6.45) is 1.77. The lowest BCUT2D eigenvalue weighted by atomic mass is 10.0. The van der Waals surface area contributed by atoms with Gasteiger partial charge in [0.05, 0.1) is 26.2 Å². The van der Waals surface area contributed by atoms with Gasteiger partial charge in [-0.1, -0.05) is 6.07 Å². The average Bonchev–Trinajstić information content (AvgIpc) is 2.60. The van der Waals surface area contributed by atoms with Gasteiger partial charge in [0.1, 0.15) is 18.5 Å². The van der Waals surface area contributed by atoms with Crippen LogP contribution in [0.2, 0.25) is 0 Å². The van der Waals surface area contributed by atoms with Crippen LogP contribution in [0.3, 0.4) is 0 Å². The minimum absolute atomic E-state index is 0.116. The summed E-state index contributed by atoms with van der Waals surface area (Å²) in [7, 11) is 2.96. The number of carbonyl (C=O) groups is 2. The summed E-state index contributed by atoms with van der Waals surface area (Å²) in [5, 5.41) is 8.61. The first-order valence-electron chi connectivity index (χ1n) is 7.91. The van der Waals surface area contributed by atoms with Crippen LogP contribution in [0.25, 0.3) is 6.08 Å². The molecule has 0 bridgehead atoms. The van der Waals surface area contributed by atoms with Gasteiger partial charge in [-0.2, -0.15) is 0 Å². The molecule has 0 atom stereocenters. The number of methoxy groups -OCH3 is 2. The number of hydrogen-bond donors (Lipinski definition) is 1. The minimum Gasteiger partial charge on any atom is -0.460 e. The number of esters is 2. The molecule has 1 aromatic rings. The fourth-order valence-corrected chi connectivity index (χ4v) is 2.11. The lowest BCUT2D eigenvalue weighted by Gasteiger charge is -2.16. The second-order valence-corrected chi connectivity index (χ2v) is 5.27. The molecule has 26 heavy (non-hydrogen) atoms. The van der Waals surface area contributed by atoms with E-state index >= 15 is 0 Å². The predicted molar refractivity (Wildman–Crippen MR) is 90.8 cm³/mol. The first kappa shape index (κ1) is 21.8. The van der Waals surface area contributed by atoms with Crippen molar-refractivity contribution in [3.63, 3.8) is 0 Å². The molecular weight excluding hydrogens is 347 g/mol. The number of aliphatic hydroxyl groups is 1. The van der Waals surface area contributed by atoms with Crippen LogP contribution in [0.1, 0.15) is 11.1 Å². The topological polar surface area (TPSA) is 91.3 Å². The molecule has 0 amide bonds. The Balaban J connectivity index is 2.81. The van der Waals surface area contributed by atoms with E-state index in [9.17, 15) is 14.0 Å². The van der Waals surface area contributed by atoms with Gasteiger partial charge in [-0.25, -0.2) is 9.18 Å². The SMILES string of the molecule is COCC(COC)OC(=O)Cc1ccc(F)cc1/C=C/C(=O)OCCO. The summed E-state index contributed by atoms with van der Waals surface area (Å²) >= 11 is 0. The number of carbonyl (C=O) groups excluding carboxylic acids is 2. The maximum atomic E-state index is 13.5. The Morgan fingerprint density at radius 1 is 1.23 bits per heavy atom. The third-order valence-electron chi connectivity index (χ3n) is 3.18. The molecule has 1 N–H and O–H groups in total. The fraction of sp³-hybridized carbons (Fsp3) is 0.444. The van der Waals surface area contributed by atoms with Crippen molar-refractivity contribution < 1.29 is 38.0 Å². The van der Waals surface area contributed by atoms with Gasteiger partial charge < -0.3 is 24.1 Å². The van der Waals surface area contributed by atoms with Crippen molar-refractivity contribution in [1.29, 1.82) is 0 Å². The van der Waals surface area contributed by atoms with Crippen LogP contribution in [-0.2, 0) is 35.0 Å². The van der Waals surface area contributed by atoms with E-state index in [0.717, 1.165) is 6.08 Å². The molecule has 7 nitrogen and oxygen atoms in total. The first-order chi connectivity index (χ1) is 12.5.